The monoisotopic (exact) mass is 300 g/mol. The van der Waals surface area contributed by atoms with Crippen LogP contribution in [0.4, 0.5) is 0 Å². The Hall–Kier alpha value is -1.91. The number of aromatic nitrogens is 3. The molecule has 2 aromatic heterocycles. The minimum Gasteiger partial charge on any atom is -0.342 e. The molecule has 2 heterocycles. The van der Waals surface area contributed by atoms with Crippen molar-refractivity contribution in [2.75, 3.05) is 0 Å². The molecule has 0 spiro atoms. The summed E-state index contributed by atoms with van der Waals surface area (Å²) in [6.07, 6.45) is 1.79. The number of halogens is 1. The molecule has 0 saturated heterocycles. The van der Waals surface area contributed by atoms with Crippen LogP contribution in [0.5, 0.6) is 0 Å². The molecule has 108 valence electrons. The number of aromatic amines is 1. The predicted octanol–water partition coefficient (Wildman–Crippen LogP) is 3.77. The van der Waals surface area contributed by atoms with Crippen LogP contribution in [0.25, 0.3) is 11.0 Å². The minimum atomic E-state index is 0.238. The molecule has 0 bridgehead atoms. The number of aryl methyl sites for hydroxylation is 1. The molecule has 1 aromatic carbocycles. The van der Waals surface area contributed by atoms with Crippen LogP contribution in [-0.4, -0.2) is 15.0 Å². The number of pyridine rings is 1. The van der Waals surface area contributed by atoms with Crippen molar-refractivity contribution in [3.63, 3.8) is 0 Å². The first kappa shape index (κ1) is 14.0. The van der Waals surface area contributed by atoms with E-state index >= 15 is 0 Å². The van der Waals surface area contributed by atoms with Gasteiger partial charge in [-0.25, -0.2) is 9.97 Å². The topological polar surface area (TPSA) is 53.6 Å². The first-order valence-corrected chi connectivity index (χ1v) is 7.30. The Labute approximate surface area is 128 Å². The van der Waals surface area contributed by atoms with Gasteiger partial charge in [0.05, 0.1) is 11.0 Å². The summed E-state index contributed by atoms with van der Waals surface area (Å²) in [6, 6.07) is 10.3. The van der Waals surface area contributed by atoms with E-state index in [0.29, 0.717) is 5.15 Å². The smallest absolute Gasteiger partial charge is 0.129 e. The number of rotatable bonds is 4. The Balaban J connectivity index is 1.71. The summed E-state index contributed by atoms with van der Waals surface area (Å²) in [5, 5.41) is 4.00. The van der Waals surface area contributed by atoms with Gasteiger partial charge in [0.25, 0.3) is 0 Å². The van der Waals surface area contributed by atoms with E-state index in [1.165, 1.54) is 5.56 Å². The summed E-state index contributed by atoms with van der Waals surface area (Å²) in [7, 11) is 0. The number of hydrogen-bond acceptors (Lipinski definition) is 3. The average molecular weight is 301 g/mol. The molecule has 3 rings (SSSR count). The van der Waals surface area contributed by atoms with Gasteiger partial charge in [-0.05, 0) is 43.2 Å². The van der Waals surface area contributed by atoms with E-state index in [9.17, 15) is 0 Å². The molecule has 0 radical (unpaired) electrons. The van der Waals surface area contributed by atoms with Gasteiger partial charge in [-0.15, -0.1) is 0 Å². The van der Waals surface area contributed by atoms with Crippen molar-refractivity contribution in [1.82, 2.24) is 20.3 Å². The summed E-state index contributed by atoms with van der Waals surface area (Å²) in [6.45, 7) is 4.86. The van der Waals surface area contributed by atoms with Gasteiger partial charge in [0, 0.05) is 18.8 Å². The fourth-order valence-corrected chi connectivity index (χ4v) is 2.43. The Bertz CT molecular complexity index is 749. The lowest BCUT2D eigenvalue weighted by atomic mass is 10.1. The summed E-state index contributed by atoms with van der Waals surface area (Å²) < 4.78 is 0. The number of fused-ring (bicyclic) bond motifs is 1. The van der Waals surface area contributed by atoms with E-state index in [0.717, 1.165) is 29.0 Å². The van der Waals surface area contributed by atoms with E-state index in [4.69, 9.17) is 11.6 Å². The molecule has 4 nitrogen and oxygen atoms in total. The van der Waals surface area contributed by atoms with Gasteiger partial charge < -0.3 is 10.3 Å². The van der Waals surface area contributed by atoms with Gasteiger partial charge in [-0.1, -0.05) is 23.7 Å². The number of nitrogens with zero attached hydrogens (tertiary/aromatic N) is 2. The van der Waals surface area contributed by atoms with Crippen LogP contribution in [-0.2, 0) is 6.54 Å². The third kappa shape index (κ3) is 3.23. The quantitative estimate of drug-likeness (QED) is 0.721. The van der Waals surface area contributed by atoms with Crippen molar-refractivity contribution >= 4 is 22.6 Å². The Kier molecular flexibility index (Phi) is 3.90. The van der Waals surface area contributed by atoms with Crippen molar-refractivity contribution in [3.05, 3.63) is 58.6 Å². The minimum absolute atomic E-state index is 0.238. The molecule has 1 atom stereocenters. The number of hydrogen-bond donors (Lipinski definition) is 2. The normalized spacial score (nSPS) is 12.7. The van der Waals surface area contributed by atoms with Crippen LogP contribution in [0.2, 0.25) is 5.15 Å². The van der Waals surface area contributed by atoms with Crippen molar-refractivity contribution in [1.29, 1.82) is 0 Å². The predicted molar refractivity (Wildman–Crippen MR) is 85.3 cm³/mol. The Morgan fingerprint density at radius 1 is 1.29 bits per heavy atom. The van der Waals surface area contributed by atoms with E-state index < -0.39 is 0 Å². The van der Waals surface area contributed by atoms with Gasteiger partial charge in [0.1, 0.15) is 11.0 Å². The van der Waals surface area contributed by atoms with Crippen LogP contribution in [0, 0.1) is 6.92 Å². The molecule has 0 amide bonds. The van der Waals surface area contributed by atoms with Gasteiger partial charge in [-0.3, -0.25) is 0 Å². The Morgan fingerprint density at radius 2 is 2.14 bits per heavy atom. The maximum absolute atomic E-state index is 5.79. The van der Waals surface area contributed by atoms with Gasteiger partial charge >= 0.3 is 0 Å². The van der Waals surface area contributed by atoms with Gasteiger partial charge in [0.15, 0.2) is 0 Å². The fraction of sp³-hybridized carbons (Fsp3) is 0.250. The third-order valence-corrected chi connectivity index (χ3v) is 3.75. The van der Waals surface area contributed by atoms with Crippen molar-refractivity contribution < 1.29 is 0 Å². The van der Waals surface area contributed by atoms with E-state index in [2.05, 4.69) is 45.4 Å². The SMILES string of the molecule is Cc1nc2cc(C(C)NCc3ccc(Cl)nc3)ccc2[nH]1. The highest BCUT2D eigenvalue weighted by Crippen LogP contribution is 2.19. The summed E-state index contributed by atoms with van der Waals surface area (Å²) in [5.41, 5.74) is 4.41. The molecule has 0 saturated carbocycles. The lowest BCUT2D eigenvalue weighted by Crippen LogP contribution is -2.18. The second-order valence-electron chi connectivity index (χ2n) is 5.19. The second kappa shape index (κ2) is 5.84. The average Bonchev–Trinajstić information content (AvgIpc) is 2.85. The first-order valence-electron chi connectivity index (χ1n) is 6.92. The number of benzene rings is 1. The van der Waals surface area contributed by atoms with Crippen molar-refractivity contribution in [2.45, 2.75) is 26.4 Å². The molecule has 0 aliphatic rings. The zero-order chi connectivity index (χ0) is 14.8. The second-order valence-corrected chi connectivity index (χ2v) is 5.58. The summed E-state index contributed by atoms with van der Waals surface area (Å²) >= 11 is 5.79. The lowest BCUT2D eigenvalue weighted by molar-refractivity contribution is 0.574. The van der Waals surface area contributed by atoms with Crippen LogP contribution in [0.15, 0.2) is 36.5 Å². The third-order valence-electron chi connectivity index (χ3n) is 3.53. The molecule has 3 aromatic rings. The largest absolute Gasteiger partial charge is 0.342 e. The highest BCUT2D eigenvalue weighted by molar-refractivity contribution is 6.29. The zero-order valence-electron chi connectivity index (χ0n) is 12.0. The Morgan fingerprint density at radius 3 is 2.90 bits per heavy atom. The van der Waals surface area contributed by atoms with Crippen molar-refractivity contribution in [3.8, 4) is 0 Å². The highest BCUT2D eigenvalue weighted by atomic mass is 35.5. The number of H-pyrrole nitrogens is 1. The number of nitrogens with one attached hydrogen (secondary N) is 2. The number of imidazole rings is 1. The van der Waals surface area contributed by atoms with E-state index in [-0.39, 0.29) is 6.04 Å². The zero-order valence-corrected chi connectivity index (χ0v) is 12.8. The highest BCUT2D eigenvalue weighted by Gasteiger charge is 2.07. The van der Waals surface area contributed by atoms with Gasteiger partial charge in [-0.2, -0.15) is 0 Å². The maximum Gasteiger partial charge on any atom is 0.129 e. The summed E-state index contributed by atoms with van der Waals surface area (Å²) in [5.74, 6) is 0.940. The van der Waals surface area contributed by atoms with Crippen LogP contribution in [0.3, 0.4) is 0 Å². The molecular weight excluding hydrogens is 284 g/mol. The molecule has 5 heteroatoms. The molecular formula is C16H17ClN4. The van der Waals surface area contributed by atoms with Crippen molar-refractivity contribution in [2.24, 2.45) is 0 Å². The molecule has 21 heavy (non-hydrogen) atoms. The standard InChI is InChI=1S/C16H17ClN4/c1-10(18-8-12-3-6-16(17)19-9-12)13-4-5-14-15(7-13)21-11(2)20-14/h3-7,9-10,18H,8H2,1-2H3,(H,20,21). The maximum atomic E-state index is 5.79. The van der Waals surface area contributed by atoms with E-state index in [1.54, 1.807) is 6.20 Å². The van der Waals surface area contributed by atoms with Crippen LogP contribution < -0.4 is 5.32 Å². The fourth-order valence-electron chi connectivity index (χ4n) is 2.32. The van der Waals surface area contributed by atoms with Gasteiger partial charge in [0.2, 0.25) is 0 Å². The molecule has 0 aliphatic heterocycles. The molecule has 1 unspecified atom stereocenters. The first-order chi connectivity index (χ1) is 10.1. The molecule has 2 N–H and O–H groups in total. The molecule has 0 fully saturated rings. The van der Waals surface area contributed by atoms with E-state index in [1.807, 2.05) is 19.1 Å². The summed E-state index contributed by atoms with van der Waals surface area (Å²) in [4.78, 5) is 11.8. The van der Waals surface area contributed by atoms with Crippen LogP contribution in [0.1, 0.15) is 29.9 Å². The van der Waals surface area contributed by atoms with Crippen LogP contribution >= 0.6 is 11.6 Å². The molecule has 0 aliphatic carbocycles. The lowest BCUT2D eigenvalue weighted by Gasteiger charge is -2.14.